The van der Waals surface area contributed by atoms with E-state index in [-0.39, 0.29) is 0 Å². The van der Waals surface area contributed by atoms with Gasteiger partial charge in [-0.3, -0.25) is 0 Å². The van der Waals surface area contributed by atoms with E-state index in [0.29, 0.717) is 0 Å². The molecule has 0 saturated heterocycles. The first-order valence-electron chi connectivity index (χ1n) is 5.56. The van der Waals surface area contributed by atoms with E-state index in [9.17, 15) is 0 Å². The van der Waals surface area contributed by atoms with Crippen LogP contribution >= 0.6 is 0 Å². The van der Waals surface area contributed by atoms with Crippen molar-refractivity contribution in [3.8, 4) is 0 Å². The predicted octanol–water partition coefficient (Wildman–Crippen LogP) is 2.78. The second kappa shape index (κ2) is 14.4. The lowest BCUT2D eigenvalue weighted by molar-refractivity contribution is 0.173. The molecule has 0 aliphatic heterocycles. The smallest absolute Gasteiger partial charge is 0.0474 e. The summed E-state index contributed by atoms with van der Waals surface area (Å²) in [7, 11) is 1.76. The van der Waals surface area contributed by atoms with Crippen molar-refractivity contribution in [1.82, 2.24) is 4.90 Å². The average molecular weight is 189 g/mol. The monoisotopic (exact) mass is 189 g/mol. The molecule has 0 heterocycles. The lowest BCUT2D eigenvalue weighted by Crippen LogP contribution is -2.25. The van der Waals surface area contributed by atoms with Crippen molar-refractivity contribution in [3.05, 3.63) is 0 Å². The highest BCUT2D eigenvalue weighted by Crippen LogP contribution is 1.93. The van der Waals surface area contributed by atoms with E-state index in [0.717, 1.165) is 19.6 Å². The van der Waals surface area contributed by atoms with Gasteiger partial charge in [0.25, 0.3) is 0 Å². The van der Waals surface area contributed by atoms with Crippen LogP contribution in [0.1, 0.15) is 40.5 Å². The van der Waals surface area contributed by atoms with Gasteiger partial charge in [-0.25, -0.2) is 0 Å². The summed E-state index contributed by atoms with van der Waals surface area (Å²) in [6.07, 6.45) is 2.41. The topological polar surface area (TPSA) is 12.5 Å². The minimum absolute atomic E-state index is 0.889. The van der Waals surface area contributed by atoms with Gasteiger partial charge in [-0.2, -0.15) is 0 Å². The maximum absolute atomic E-state index is 4.99. The molecule has 0 atom stereocenters. The Labute approximate surface area is 84.3 Å². The number of hydrogen-bond donors (Lipinski definition) is 0. The molecular weight excluding hydrogens is 162 g/mol. The van der Waals surface area contributed by atoms with Gasteiger partial charge in [0.2, 0.25) is 0 Å². The van der Waals surface area contributed by atoms with Gasteiger partial charge in [-0.05, 0) is 25.9 Å². The van der Waals surface area contributed by atoms with Crippen molar-refractivity contribution in [2.45, 2.75) is 40.5 Å². The molecule has 0 aromatic carbocycles. The van der Waals surface area contributed by atoms with Gasteiger partial charge in [0.1, 0.15) is 0 Å². The maximum Gasteiger partial charge on any atom is 0.0474 e. The molecule has 0 fully saturated rings. The van der Waals surface area contributed by atoms with Crippen LogP contribution in [0.5, 0.6) is 0 Å². The van der Waals surface area contributed by atoms with E-state index in [1.807, 2.05) is 13.8 Å². The Balaban J connectivity index is 0. The van der Waals surface area contributed by atoms with Crippen LogP contribution in [0.25, 0.3) is 0 Å². The van der Waals surface area contributed by atoms with Crippen molar-refractivity contribution in [2.75, 3.05) is 33.4 Å². The summed E-state index contributed by atoms with van der Waals surface area (Å²) < 4.78 is 4.99. The normalized spacial score (nSPS) is 9.69. The fourth-order valence-corrected chi connectivity index (χ4v) is 1.18. The quantitative estimate of drug-likeness (QED) is 0.571. The number of methoxy groups -OCH3 is 1. The summed E-state index contributed by atoms with van der Waals surface area (Å²) >= 11 is 0. The minimum Gasteiger partial charge on any atom is -0.385 e. The number of nitrogens with zero attached hydrogens (tertiary/aromatic N) is 1. The van der Waals surface area contributed by atoms with Gasteiger partial charge in [0.15, 0.2) is 0 Å². The standard InChI is InChI=1S/C9H21NO.C2H6/c1-4-7-10(5-2)8-6-9-11-3;1-2/h4-9H2,1-3H3;1-2H3. The SMILES string of the molecule is CC.CCCN(CC)CCCOC. The highest BCUT2D eigenvalue weighted by molar-refractivity contribution is 4.53. The van der Waals surface area contributed by atoms with Crippen molar-refractivity contribution < 1.29 is 4.74 Å². The van der Waals surface area contributed by atoms with Crippen LogP contribution in [0, 0.1) is 0 Å². The fourth-order valence-electron chi connectivity index (χ4n) is 1.18. The molecule has 0 rings (SSSR count). The van der Waals surface area contributed by atoms with Gasteiger partial charge in [-0.15, -0.1) is 0 Å². The molecule has 0 amide bonds. The van der Waals surface area contributed by atoms with Gasteiger partial charge in [-0.1, -0.05) is 27.7 Å². The second-order valence-electron chi connectivity index (χ2n) is 2.78. The van der Waals surface area contributed by atoms with Crippen molar-refractivity contribution in [1.29, 1.82) is 0 Å². The number of hydrogen-bond acceptors (Lipinski definition) is 2. The highest BCUT2D eigenvalue weighted by atomic mass is 16.5. The van der Waals surface area contributed by atoms with Crippen LogP contribution in [0.2, 0.25) is 0 Å². The Morgan fingerprint density at radius 3 is 2.08 bits per heavy atom. The Kier molecular flexibility index (Phi) is 17.1. The van der Waals surface area contributed by atoms with Crippen LogP contribution in [0.4, 0.5) is 0 Å². The third kappa shape index (κ3) is 11.9. The van der Waals surface area contributed by atoms with Crippen LogP contribution in [0.3, 0.4) is 0 Å². The Hall–Kier alpha value is -0.0800. The summed E-state index contributed by atoms with van der Waals surface area (Å²) in [6, 6.07) is 0. The Morgan fingerprint density at radius 2 is 1.69 bits per heavy atom. The molecule has 0 aromatic heterocycles. The zero-order valence-electron chi connectivity index (χ0n) is 10.1. The molecule has 0 aliphatic carbocycles. The first kappa shape index (κ1) is 15.4. The van der Waals surface area contributed by atoms with Crippen LogP contribution in [-0.2, 0) is 4.74 Å². The van der Waals surface area contributed by atoms with E-state index in [4.69, 9.17) is 4.74 Å². The third-order valence-electron chi connectivity index (χ3n) is 1.81. The minimum atomic E-state index is 0.889. The van der Waals surface area contributed by atoms with Gasteiger partial charge >= 0.3 is 0 Å². The van der Waals surface area contributed by atoms with Gasteiger partial charge in [0, 0.05) is 20.3 Å². The first-order chi connectivity index (χ1) is 6.35. The molecule has 2 heteroatoms. The predicted molar refractivity (Wildman–Crippen MR) is 60.2 cm³/mol. The highest BCUT2D eigenvalue weighted by Gasteiger charge is 1.98. The van der Waals surface area contributed by atoms with E-state index >= 15 is 0 Å². The summed E-state index contributed by atoms with van der Waals surface area (Å²) in [5, 5.41) is 0. The molecule has 0 aliphatic rings. The van der Waals surface area contributed by atoms with Crippen LogP contribution in [0.15, 0.2) is 0 Å². The molecule has 0 bridgehead atoms. The van der Waals surface area contributed by atoms with Crippen molar-refractivity contribution >= 4 is 0 Å². The van der Waals surface area contributed by atoms with E-state index < -0.39 is 0 Å². The molecule has 0 radical (unpaired) electrons. The molecule has 0 saturated carbocycles. The van der Waals surface area contributed by atoms with Crippen molar-refractivity contribution in [2.24, 2.45) is 0 Å². The molecule has 82 valence electrons. The molecule has 2 nitrogen and oxygen atoms in total. The third-order valence-corrected chi connectivity index (χ3v) is 1.81. The zero-order chi connectivity index (χ0) is 10.5. The van der Waals surface area contributed by atoms with Gasteiger partial charge < -0.3 is 9.64 Å². The first-order valence-corrected chi connectivity index (χ1v) is 5.56. The van der Waals surface area contributed by atoms with Crippen LogP contribution < -0.4 is 0 Å². The Bertz CT molecular complexity index is 76.5. The fraction of sp³-hybridized carbons (Fsp3) is 1.00. The van der Waals surface area contributed by atoms with E-state index in [1.165, 1.54) is 19.5 Å². The van der Waals surface area contributed by atoms with Crippen molar-refractivity contribution in [3.63, 3.8) is 0 Å². The summed E-state index contributed by atoms with van der Waals surface area (Å²) in [5.41, 5.74) is 0. The number of rotatable bonds is 7. The number of ether oxygens (including phenoxy) is 1. The zero-order valence-corrected chi connectivity index (χ0v) is 10.1. The average Bonchev–Trinajstić information content (AvgIpc) is 2.20. The maximum atomic E-state index is 4.99. The summed E-state index contributed by atoms with van der Waals surface area (Å²) in [6.45, 7) is 12.9. The van der Waals surface area contributed by atoms with E-state index in [2.05, 4.69) is 18.7 Å². The molecular formula is C11H27NO. The lowest BCUT2D eigenvalue weighted by atomic mass is 10.3. The van der Waals surface area contributed by atoms with E-state index in [1.54, 1.807) is 7.11 Å². The summed E-state index contributed by atoms with van der Waals surface area (Å²) in [5.74, 6) is 0. The Morgan fingerprint density at radius 1 is 1.08 bits per heavy atom. The second-order valence-corrected chi connectivity index (χ2v) is 2.78. The largest absolute Gasteiger partial charge is 0.385 e. The molecule has 0 N–H and O–H groups in total. The molecule has 0 unspecified atom stereocenters. The van der Waals surface area contributed by atoms with Gasteiger partial charge in [0.05, 0.1) is 0 Å². The summed E-state index contributed by atoms with van der Waals surface area (Å²) in [4.78, 5) is 2.46. The lowest BCUT2D eigenvalue weighted by Gasteiger charge is -2.18. The molecule has 0 aromatic rings. The van der Waals surface area contributed by atoms with Crippen LogP contribution in [-0.4, -0.2) is 38.3 Å². The molecule has 0 spiro atoms. The molecule has 13 heavy (non-hydrogen) atoms.